The van der Waals surface area contributed by atoms with Crippen LogP contribution in [0.25, 0.3) is 0 Å². The van der Waals surface area contributed by atoms with E-state index in [1.54, 1.807) is 30.3 Å². The van der Waals surface area contributed by atoms with Crippen molar-refractivity contribution in [1.82, 2.24) is 9.69 Å². The molecule has 3 aromatic rings. The Kier molecular flexibility index (Phi) is 8.62. The largest absolute Gasteiger partial charge is 0.395 e. The Bertz CT molecular complexity index is 1240. The van der Waals surface area contributed by atoms with E-state index in [-0.39, 0.29) is 22.8 Å². The van der Waals surface area contributed by atoms with Gasteiger partial charge in [0.05, 0.1) is 12.3 Å². The molecule has 0 aliphatic carbocycles. The number of aromatic nitrogens is 1. The molecule has 1 atom stereocenters. The van der Waals surface area contributed by atoms with Crippen LogP contribution in [0.15, 0.2) is 48.5 Å². The van der Waals surface area contributed by atoms with Crippen LogP contribution in [0.3, 0.4) is 0 Å². The van der Waals surface area contributed by atoms with Crippen molar-refractivity contribution in [1.29, 1.82) is 0 Å². The van der Waals surface area contributed by atoms with Crippen molar-refractivity contribution in [3.63, 3.8) is 0 Å². The number of nitrogens with one attached hydrogen (secondary N) is 1. The van der Waals surface area contributed by atoms with E-state index in [4.69, 9.17) is 16.2 Å². The van der Waals surface area contributed by atoms with E-state index >= 15 is 0 Å². The molecule has 190 valence electrons. The monoisotopic (exact) mass is 510 g/mol. The molecule has 10 nitrogen and oxygen atoms in total. The second kappa shape index (κ2) is 11.6. The van der Waals surface area contributed by atoms with Crippen LogP contribution in [0, 0.1) is 6.92 Å². The molecule has 1 heterocycles. The zero-order valence-corrected chi connectivity index (χ0v) is 21.5. The van der Waals surface area contributed by atoms with Gasteiger partial charge < -0.3 is 26.4 Å². The van der Waals surface area contributed by atoms with E-state index in [1.807, 2.05) is 44.1 Å². The van der Waals surface area contributed by atoms with Gasteiger partial charge in [-0.05, 0) is 53.8 Å². The number of benzene rings is 2. The van der Waals surface area contributed by atoms with E-state index < -0.39 is 23.8 Å². The summed E-state index contributed by atoms with van der Waals surface area (Å²) in [6, 6.07) is 13.5. The first-order valence-corrected chi connectivity index (χ1v) is 11.9. The van der Waals surface area contributed by atoms with Crippen LogP contribution in [-0.2, 0) is 9.53 Å². The maximum absolute atomic E-state index is 14.0. The second-order valence-corrected chi connectivity index (χ2v) is 9.10. The first kappa shape index (κ1) is 26.6. The average molecular weight is 511 g/mol. The fraction of sp³-hybridized carbons (Fsp3) is 0.280. The molecule has 3 amide bonds. The fourth-order valence-electron chi connectivity index (χ4n) is 3.65. The number of nitrogen functional groups attached to an aromatic ring is 1. The number of amides is 3. The molecule has 2 aromatic carbocycles. The number of nitrogens with two attached hydrogens (primary N) is 2. The lowest BCUT2D eigenvalue weighted by Gasteiger charge is -2.31. The van der Waals surface area contributed by atoms with Crippen molar-refractivity contribution in [2.45, 2.75) is 13.0 Å². The van der Waals surface area contributed by atoms with Crippen molar-refractivity contribution in [2.24, 2.45) is 5.73 Å². The Morgan fingerprint density at radius 3 is 2.36 bits per heavy atom. The van der Waals surface area contributed by atoms with E-state index in [1.165, 1.54) is 12.0 Å². The first-order valence-electron chi connectivity index (χ1n) is 11.1. The van der Waals surface area contributed by atoms with Crippen LogP contribution >= 0.6 is 11.5 Å². The quantitative estimate of drug-likeness (QED) is 0.355. The van der Waals surface area contributed by atoms with Gasteiger partial charge in [0.1, 0.15) is 10.9 Å². The summed E-state index contributed by atoms with van der Waals surface area (Å²) < 4.78 is 9.04. The summed E-state index contributed by atoms with van der Waals surface area (Å²) in [6.07, 6.45) is 0. The third-order valence-corrected chi connectivity index (χ3v) is 6.34. The standard InChI is InChI=1S/C25H30N6O4S/c1-15-6-5-7-18(14-15)31(25(34)22-19(26)20(23(27)32)29-36-22)21(24(33)28-12-13-35-4)16-8-10-17(11-9-16)30(2)3/h5-11,14,21H,12-13,26H2,1-4H3,(H2,27,32)(H,28,33). The van der Waals surface area contributed by atoms with Gasteiger partial charge in [0.25, 0.3) is 11.8 Å². The smallest absolute Gasteiger partial charge is 0.273 e. The van der Waals surface area contributed by atoms with Gasteiger partial charge in [-0.25, -0.2) is 0 Å². The second-order valence-electron chi connectivity index (χ2n) is 8.32. The predicted octanol–water partition coefficient (Wildman–Crippen LogP) is 2.35. The zero-order chi connectivity index (χ0) is 26.4. The molecule has 0 bridgehead atoms. The van der Waals surface area contributed by atoms with E-state index in [2.05, 4.69) is 9.69 Å². The number of anilines is 3. The Labute approximate surface area is 214 Å². The number of aryl methyl sites for hydroxylation is 1. The summed E-state index contributed by atoms with van der Waals surface area (Å²) in [6.45, 7) is 2.45. The lowest BCUT2D eigenvalue weighted by atomic mass is 10.0. The van der Waals surface area contributed by atoms with Gasteiger partial charge in [-0.15, -0.1) is 0 Å². The molecule has 3 rings (SSSR count). The number of methoxy groups -OCH3 is 1. The van der Waals surface area contributed by atoms with Crippen LogP contribution < -0.4 is 26.6 Å². The van der Waals surface area contributed by atoms with Gasteiger partial charge >= 0.3 is 0 Å². The van der Waals surface area contributed by atoms with E-state index in [0.29, 0.717) is 17.9 Å². The SMILES string of the molecule is COCCNC(=O)C(c1ccc(N(C)C)cc1)N(C(=O)c1snc(C(N)=O)c1N)c1cccc(C)c1. The molecule has 0 aliphatic rings. The summed E-state index contributed by atoms with van der Waals surface area (Å²) in [4.78, 5) is 42.6. The Balaban J connectivity index is 2.18. The minimum Gasteiger partial charge on any atom is -0.395 e. The van der Waals surface area contributed by atoms with Crippen LogP contribution in [0.5, 0.6) is 0 Å². The zero-order valence-electron chi connectivity index (χ0n) is 20.6. The number of ether oxygens (including phenoxy) is 1. The summed E-state index contributed by atoms with van der Waals surface area (Å²) in [7, 11) is 5.36. The Hall–Kier alpha value is -3.96. The number of nitrogens with zero attached hydrogens (tertiary/aromatic N) is 3. The van der Waals surface area contributed by atoms with Crippen LogP contribution in [-0.4, -0.2) is 56.5 Å². The summed E-state index contributed by atoms with van der Waals surface area (Å²) in [5, 5.41) is 2.84. The van der Waals surface area contributed by atoms with Gasteiger partial charge in [-0.3, -0.25) is 19.3 Å². The molecular weight excluding hydrogens is 480 g/mol. The maximum Gasteiger partial charge on any atom is 0.273 e. The molecule has 36 heavy (non-hydrogen) atoms. The Morgan fingerprint density at radius 1 is 1.11 bits per heavy atom. The highest BCUT2D eigenvalue weighted by atomic mass is 32.1. The van der Waals surface area contributed by atoms with Crippen LogP contribution in [0.1, 0.15) is 37.3 Å². The molecule has 0 saturated carbocycles. The van der Waals surface area contributed by atoms with Gasteiger partial charge in [0, 0.05) is 39.1 Å². The number of rotatable bonds is 10. The van der Waals surface area contributed by atoms with Gasteiger partial charge in [-0.2, -0.15) is 4.37 Å². The lowest BCUT2D eigenvalue weighted by molar-refractivity contribution is -0.122. The number of hydrogen-bond donors (Lipinski definition) is 3. The minimum atomic E-state index is -1.05. The van der Waals surface area contributed by atoms with Crippen molar-refractivity contribution < 1.29 is 19.1 Å². The van der Waals surface area contributed by atoms with E-state index in [0.717, 1.165) is 22.8 Å². The highest BCUT2D eigenvalue weighted by Crippen LogP contribution is 2.34. The number of primary amides is 1. The third-order valence-electron chi connectivity index (χ3n) is 5.49. The molecule has 1 unspecified atom stereocenters. The molecule has 0 aliphatic heterocycles. The fourth-order valence-corrected chi connectivity index (χ4v) is 4.39. The normalized spacial score (nSPS) is 11.6. The number of carbonyl (C=O) groups is 3. The highest BCUT2D eigenvalue weighted by molar-refractivity contribution is 7.09. The molecular formula is C25H30N6O4S. The molecule has 11 heteroatoms. The summed E-state index contributed by atoms with van der Waals surface area (Å²) >= 11 is 0.767. The molecule has 5 N–H and O–H groups in total. The third kappa shape index (κ3) is 5.81. The maximum atomic E-state index is 14.0. The summed E-state index contributed by atoms with van der Waals surface area (Å²) in [5.41, 5.74) is 14.1. The first-order chi connectivity index (χ1) is 17.1. The predicted molar refractivity (Wildman–Crippen MR) is 141 cm³/mol. The number of carbonyl (C=O) groups excluding carboxylic acids is 3. The Morgan fingerprint density at radius 2 is 1.81 bits per heavy atom. The van der Waals surface area contributed by atoms with Crippen molar-refractivity contribution in [3.05, 3.63) is 70.2 Å². The van der Waals surface area contributed by atoms with Gasteiger partial charge in [0.15, 0.2) is 5.69 Å². The summed E-state index contributed by atoms with van der Waals surface area (Å²) in [5.74, 6) is -1.82. The molecule has 0 fully saturated rings. The van der Waals surface area contributed by atoms with Gasteiger partial charge in [0.2, 0.25) is 5.91 Å². The van der Waals surface area contributed by atoms with E-state index in [9.17, 15) is 14.4 Å². The molecule has 1 aromatic heterocycles. The topological polar surface area (TPSA) is 144 Å². The number of hydrogen-bond acceptors (Lipinski definition) is 8. The molecule has 0 saturated heterocycles. The van der Waals surface area contributed by atoms with Crippen molar-refractivity contribution in [2.75, 3.05) is 49.9 Å². The lowest BCUT2D eigenvalue weighted by Crippen LogP contribution is -2.44. The molecule has 0 radical (unpaired) electrons. The minimum absolute atomic E-state index is 0.0184. The van der Waals surface area contributed by atoms with Gasteiger partial charge in [-0.1, -0.05) is 24.3 Å². The van der Waals surface area contributed by atoms with Crippen LogP contribution in [0.4, 0.5) is 17.1 Å². The highest BCUT2D eigenvalue weighted by Gasteiger charge is 2.36. The molecule has 0 spiro atoms. The average Bonchev–Trinajstić information content (AvgIpc) is 3.23. The van der Waals surface area contributed by atoms with Crippen molar-refractivity contribution in [3.8, 4) is 0 Å². The van der Waals surface area contributed by atoms with Crippen LogP contribution in [0.2, 0.25) is 0 Å². The van der Waals surface area contributed by atoms with Crippen molar-refractivity contribution >= 4 is 46.3 Å².